The minimum Gasteiger partial charge on any atom is -0.310 e. The molecule has 2 unspecified atom stereocenters. The molecule has 1 aromatic carbocycles. The predicted octanol–water partition coefficient (Wildman–Crippen LogP) is 2.83. The average Bonchev–Trinajstić information content (AvgIpc) is 3.04. The van der Waals surface area contributed by atoms with E-state index < -0.39 is 10.0 Å². The van der Waals surface area contributed by atoms with Gasteiger partial charge in [0.25, 0.3) is 0 Å². The van der Waals surface area contributed by atoms with Gasteiger partial charge in [0.2, 0.25) is 10.0 Å². The molecule has 118 valence electrons. The van der Waals surface area contributed by atoms with Crippen LogP contribution in [-0.2, 0) is 16.6 Å². The Balaban J connectivity index is 2.30. The summed E-state index contributed by atoms with van der Waals surface area (Å²) in [6.07, 6.45) is 0.903. The second-order valence-electron chi connectivity index (χ2n) is 6.16. The van der Waals surface area contributed by atoms with Gasteiger partial charge in [-0.3, -0.25) is 0 Å². The van der Waals surface area contributed by atoms with Crippen molar-refractivity contribution in [3.63, 3.8) is 0 Å². The van der Waals surface area contributed by atoms with Crippen LogP contribution in [0.3, 0.4) is 0 Å². The highest BCUT2D eigenvalue weighted by atomic mass is 35.5. The Bertz CT molecular complexity index is 629. The Morgan fingerprint density at radius 2 is 2.00 bits per heavy atom. The fourth-order valence-electron chi connectivity index (χ4n) is 2.23. The minimum atomic E-state index is -3.51. The standard InChI is InChI=1S/C15H23ClN2O2S/c1-9(2)17-8-12-6-13(16)7-15(11(12)4)21(19,20)18-14-5-10(14)3/h6-7,9-10,14,17-18H,5,8H2,1-4H3. The lowest BCUT2D eigenvalue weighted by Gasteiger charge is -2.15. The van der Waals surface area contributed by atoms with Gasteiger partial charge in [-0.25, -0.2) is 13.1 Å². The van der Waals surface area contributed by atoms with Crippen LogP contribution >= 0.6 is 11.6 Å². The van der Waals surface area contributed by atoms with Crippen LogP contribution in [0.15, 0.2) is 17.0 Å². The van der Waals surface area contributed by atoms with Gasteiger partial charge in [-0.2, -0.15) is 0 Å². The molecule has 0 aromatic heterocycles. The number of nitrogens with one attached hydrogen (secondary N) is 2. The molecule has 1 aliphatic rings. The van der Waals surface area contributed by atoms with Crippen LogP contribution in [0.25, 0.3) is 0 Å². The maximum atomic E-state index is 12.5. The third-order valence-corrected chi connectivity index (χ3v) is 5.67. The zero-order valence-corrected chi connectivity index (χ0v) is 14.5. The number of halogens is 1. The maximum absolute atomic E-state index is 12.5. The number of benzene rings is 1. The highest BCUT2D eigenvalue weighted by Crippen LogP contribution is 2.32. The Morgan fingerprint density at radius 3 is 2.52 bits per heavy atom. The summed E-state index contributed by atoms with van der Waals surface area (Å²) < 4.78 is 27.8. The molecule has 0 spiro atoms. The van der Waals surface area contributed by atoms with E-state index in [1.165, 1.54) is 6.07 Å². The first kappa shape index (κ1) is 16.7. The van der Waals surface area contributed by atoms with E-state index in [1.54, 1.807) is 0 Å². The van der Waals surface area contributed by atoms with E-state index in [1.807, 2.05) is 33.8 Å². The monoisotopic (exact) mass is 330 g/mol. The Kier molecular flexibility index (Phi) is 4.98. The van der Waals surface area contributed by atoms with Gasteiger partial charge in [0, 0.05) is 23.7 Å². The molecule has 0 saturated heterocycles. The van der Waals surface area contributed by atoms with Crippen LogP contribution < -0.4 is 10.0 Å². The summed E-state index contributed by atoms with van der Waals surface area (Å²) >= 11 is 6.10. The van der Waals surface area contributed by atoms with Gasteiger partial charge in [-0.1, -0.05) is 32.4 Å². The van der Waals surface area contributed by atoms with Gasteiger partial charge < -0.3 is 5.32 Å². The van der Waals surface area contributed by atoms with E-state index in [0.717, 1.165) is 17.5 Å². The molecule has 0 aliphatic heterocycles. The van der Waals surface area contributed by atoms with Gasteiger partial charge >= 0.3 is 0 Å². The van der Waals surface area contributed by atoms with Gasteiger partial charge in [0.05, 0.1) is 4.90 Å². The smallest absolute Gasteiger partial charge is 0.241 e. The lowest BCUT2D eigenvalue weighted by atomic mass is 10.1. The number of hydrogen-bond acceptors (Lipinski definition) is 3. The molecule has 2 atom stereocenters. The summed E-state index contributed by atoms with van der Waals surface area (Å²) in [4.78, 5) is 0.287. The third-order valence-electron chi connectivity index (χ3n) is 3.84. The second-order valence-corrected chi connectivity index (χ2v) is 8.28. The first-order valence-corrected chi connectivity index (χ1v) is 9.11. The molecule has 2 rings (SSSR count). The topological polar surface area (TPSA) is 58.2 Å². The highest BCUT2D eigenvalue weighted by Gasteiger charge is 2.37. The highest BCUT2D eigenvalue weighted by molar-refractivity contribution is 7.89. The Hall–Kier alpha value is -0.620. The Morgan fingerprint density at radius 1 is 1.38 bits per heavy atom. The Labute approximate surface area is 132 Å². The van der Waals surface area contributed by atoms with E-state index in [2.05, 4.69) is 10.0 Å². The normalized spacial score (nSPS) is 21.8. The van der Waals surface area contributed by atoms with E-state index in [-0.39, 0.29) is 10.9 Å². The summed E-state index contributed by atoms with van der Waals surface area (Å²) in [5.74, 6) is 0.418. The van der Waals surface area contributed by atoms with Gasteiger partial charge in [-0.05, 0) is 42.5 Å². The van der Waals surface area contributed by atoms with E-state index in [0.29, 0.717) is 23.5 Å². The molecule has 21 heavy (non-hydrogen) atoms. The van der Waals surface area contributed by atoms with Crippen molar-refractivity contribution in [2.75, 3.05) is 0 Å². The van der Waals surface area contributed by atoms with Gasteiger partial charge in [-0.15, -0.1) is 0 Å². The zero-order chi connectivity index (χ0) is 15.8. The fraction of sp³-hybridized carbons (Fsp3) is 0.600. The molecule has 1 saturated carbocycles. The van der Waals surface area contributed by atoms with Crippen molar-refractivity contribution >= 4 is 21.6 Å². The fourth-order valence-corrected chi connectivity index (χ4v) is 4.21. The largest absolute Gasteiger partial charge is 0.310 e. The average molecular weight is 331 g/mol. The SMILES string of the molecule is Cc1c(CNC(C)C)cc(Cl)cc1S(=O)(=O)NC1CC1C. The van der Waals surface area contributed by atoms with E-state index >= 15 is 0 Å². The van der Waals surface area contributed by atoms with Crippen molar-refractivity contribution in [3.05, 3.63) is 28.3 Å². The molecule has 0 bridgehead atoms. The van der Waals surface area contributed by atoms with Gasteiger partial charge in [0.1, 0.15) is 0 Å². The van der Waals surface area contributed by atoms with Crippen LogP contribution in [0.1, 0.15) is 38.3 Å². The summed E-state index contributed by atoms with van der Waals surface area (Å²) in [6.45, 7) is 8.57. The quantitative estimate of drug-likeness (QED) is 0.843. The van der Waals surface area contributed by atoms with Crippen molar-refractivity contribution < 1.29 is 8.42 Å². The third kappa shape index (κ3) is 4.19. The van der Waals surface area contributed by atoms with Crippen LogP contribution in [0.4, 0.5) is 0 Å². The molecular weight excluding hydrogens is 308 g/mol. The molecule has 0 amide bonds. The van der Waals surface area contributed by atoms with E-state index in [4.69, 9.17) is 11.6 Å². The van der Waals surface area contributed by atoms with Crippen LogP contribution in [0.5, 0.6) is 0 Å². The summed E-state index contributed by atoms with van der Waals surface area (Å²) in [5, 5.41) is 3.74. The number of hydrogen-bond donors (Lipinski definition) is 2. The molecule has 0 heterocycles. The molecule has 4 nitrogen and oxygen atoms in total. The lowest BCUT2D eigenvalue weighted by molar-refractivity contribution is 0.575. The minimum absolute atomic E-state index is 0.0608. The van der Waals surface area contributed by atoms with Crippen LogP contribution in [0.2, 0.25) is 5.02 Å². The molecule has 0 radical (unpaired) electrons. The van der Waals surface area contributed by atoms with Crippen molar-refractivity contribution in [2.24, 2.45) is 5.92 Å². The van der Waals surface area contributed by atoms with Crippen molar-refractivity contribution in [3.8, 4) is 0 Å². The predicted molar refractivity (Wildman–Crippen MR) is 86.1 cm³/mol. The number of rotatable bonds is 6. The van der Waals surface area contributed by atoms with Gasteiger partial charge in [0.15, 0.2) is 0 Å². The molecule has 2 N–H and O–H groups in total. The van der Waals surface area contributed by atoms with Crippen molar-refractivity contribution in [1.82, 2.24) is 10.0 Å². The maximum Gasteiger partial charge on any atom is 0.241 e. The first-order valence-electron chi connectivity index (χ1n) is 7.25. The van der Waals surface area contributed by atoms with Crippen molar-refractivity contribution in [2.45, 2.75) is 57.6 Å². The second kappa shape index (κ2) is 6.24. The summed E-state index contributed by atoms with van der Waals surface area (Å²) in [7, 11) is -3.51. The molecule has 1 aliphatic carbocycles. The first-order chi connectivity index (χ1) is 9.70. The van der Waals surface area contributed by atoms with Crippen molar-refractivity contribution in [1.29, 1.82) is 0 Å². The molecule has 1 fully saturated rings. The summed E-state index contributed by atoms with van der Waals surface area (Å²) in [6, 6.07) is 3.75. The molecular formula is C15H23ClN2O2S. The van der Waals surface area contributed by atoms with E-state index in [9.17, 15) is 8.42 Å². The number of sulfonamides is 1. The summed E-state index contributed by atoms with van der Waals surface area (Å²) in [5.41, 5.74) is 1.67. The zero-order valence-electron chi connectivity index (χ0n) is 12.9. The van der Waals surface area contributed by atoms with Crippen LogP contribution in [0, 0.1) is 12.8 Å². The molecule has 6 heteroatoms. The van der Waals surface area contributed by atoms with Crippen LogP contribution in [-0.4, -0.2) is 20.5 Å². The lowest BCUT2D eigenvalue weighted by Crippen LogP contribution is -2.28. The molecule has 1 aromatic rings.